The summed E-state index contributed by atoms with van der Waals surface area (Å²) in [7, 11) is 1.51. The Morgan fingerprint density at radius 1 is 1.11 bits per heavy atom. The van der Waals surface area contributed by atoms with Gasteiger partial charge in [0, 0.05) is 5.56 Å². The molecule has 2 aromatic rings. The van der Waals surface area contributed by atoms with E-state index in [-0.39, 0.29) is 0 Å². The molecule has 1 atom stereocenters. The molecule has 1 unspecified atom stereocenters. The summed E-state index contributed by atoms with van der Waals surface area (Å²) in [5.74, 6) is 0.501. The summed E-state index contributed by atoms with van der Waals surface area (Å²) in [5, 5.41) is 9.55. The fourth-order valence-electron chi connectivity index (χ4n) is 1.88. The van der Waals surface area contributed by atoms with Gasteiger partial charge in [-0.15, -0.1) is 0 Å². The molecule has 0 aliphatic rings. The number of aliphatic hydroxyl groups excluding tert-OH is 1. The minimum absolute atomic E-state index is 0.472. The van der Waals surface area contributed by atoms with E-state index in [9.17, 15) is 9.50 Å². The third kappa shape index (κ3) is 2.51. The molecule has 0 spiro atoms. The molecule has 0 fully saturated rings. The van der Waals surface area contributed by atoms with E-state index >= 15 is 0 Å². The molecular weight excluding hydrogens is 231 g/mol. The maximum atomic E-state index is 12.5. The van der Waals surface area contributed by atoms with E-state index < -0.39 is 12.8 Å². The Morgan fingerprint density at radius 2 is 1.83 bits per heavy atom. The zero-order valence-corrected chi connectivity index (χ0v) is 10.1. The van der Waals surface area contributed by atoms with E-state index in [4.69, 9.17) is 4.74 Å². The first-order chi connectivity index (χ1) is 8.76. The first-order valence-corrected chi connectivity index (χ1v) is 5.73. The maximum Gasteiger partial charge on any atom is 0.125 e. The van der Waals surface area contributed by atoms with Crippen molar-refractivity contribution in [3.63, 3.8) is 0 Å². The Bertz CT molecular complexity index is 511. The summed E-state index contributed by atoms with van der Waals surface area (Å²) in [5.41, 5.74) is 2.50. The van der Waals surface area contributed by atoms with Gasteiger partial charge < -0.3 is 9.84 Å². The second kappa shape index (κ2) is 5.65. The van der Waals surface area contributed by atoms with E-state index in [0.717, 1.165) is 11.1 Å². The summed E-state index contributed by atoms with van der Waals surface area (Å²) in [6.45, 7) is -0.818. The normalized spacial score (nSPS) is 12.2. The molecule has 0 aliphatic carbocycles. The van der Waals surface area contributed by atoms with Crippen LogP contribution in [0.15, 0.2) is 48.5 Å². The molecule has 2 aromatic carbocycles. The standard InChI is InChI=1S/C15H15FO2/c1-18-15-9-12(11-5-3-2-4-6-11)7-8-13(15)14(17)10-16/h2-9,14,17H,10H2,1H3. The maximum absolute atomic E-state index is 12.5. The molecule has 0 amide bonds. The van der Waals surface area contributed by atoms with Crippen molar-refractivity contribution in [2.24, 2.45) is 0 Å². The van der Waals surface area contributed by atoms with Crippen LogP contribution in [0.25, 0.3) is 11.1 Å². The van der Waals surface area contributed by atoms with Crippen molar-refractivity contribution in [1.29, 1.82) is 0 Å². The highest BCUT2D eigenvalue weighted by Gasteiger charge is 2.13. The number of hydrogen-bond acceptors (Lipinski definition) is 2. The molecule has 94 valence electrons. The van der Waals surface area contributed by atoms with Gasteiger partial charge in [0.15, 0.2) is 0 Å². The zero-order valence-electron chi connectivity index (χ0n) is 10.1. The fourth-order valence-corrected chi connectivity index (χ4v) is 1.88. The smallest absolute Gasteiger partial charge is 0.125 e. The van der Waals surface area contributed by atoms with Crippen molar-refractivity contribution in [3.8, 4) is 16.9 Å². The van der Waals surface area contributed by atoms with Gasteiger partial charge in [0.2, 0.25) is 0 Å². The minimum atomic E-state index is -1.13. The summed E-state index contributed by atoms with van der Waals surface area (Å²) in [6, 6.07) is 15.2. The number of ether oxygens (including phenoxy) is 1. The molecule has 0 radical (unpaired) electrons. The third-order valence-corrected chi connectivity index (χ3v) is 2.85. The number of benzene rings is 2. The first-order valence-electron chi connectivity index (χ1n) is 5.73. The van der Waals surface area contributed by atoms with Gasteiger partial charge >= 0.3 is 0 Å². The van der Waals surface area contributed by atoms with Crippen LogP contribution in [0.4, 0.5) is 4.39 Å². The number of hydrogen-bond donors (Lipinski definition) is 1. The lowest BCUT2D eigenvalue weighted by Crippen LogP contribution is -2.02. The molecule has 0 heterocycles. The van der Waals surface area contributed by atoms with Crippen LogP contribution < -0.4 is 4.74 Å². The van der Waals surface area contributed by atoms with Gasteiger partial charge in [0.1, 0.15) is 18.5 Å². The van der Waals surface area contributed by atoms with E-state index in [1.165, 1.54) is 7.11 Å². The third-order valence-electron chi connectivity index (χ3n) is 2.85. The highest BCUT2D eigenvalue weighted by molar-refractivity contribution is 5.66. The number of methoxy groups -OCH3 is 1. The molecule has 3 heteroatoms. The van der Waals surface area contributed by atoms with Gasteiger partial charge in [-0.25, -0.2) is 4.39 Å². The van der Waals surface area contributed by atoms with Crippen LogP contribution in [-0.2, 0) is 0 Å². The van der Waals surface area contributed by atoms with Crippen molar-refractivity contribution in [1.82, 2.24) is 0 Å². The summed E-state index contributed by atoms with van der Waals surface area (Å²) in [4.78, 5) is 0. The van der Waals surface area contributed by atoms with Crippen molar-refractivity contribution in [2.75, 3.05) is 13.8 Å². The Morgan fingerprint density at radius 3 is 2.44 bits per heavy atom. The van der Waals surface area contributed by atoms with Gasteiger partial charge in [-0.05, 0) is 17.2 Å². The van der Waals surface area contributed by atoms with Crippen molar-refractivity contribution < 1.29 is 14.2 Å². The summed E-state index contributed by atoms with van der Waals surface area (Å²) in [6.07, 6.45) is -1.13. The van der Waals surface area contributed by atoms with Crippen LogP contribution in [0.5, 0.6) is 5.75 Å². The Hall–Kier alpha value is -1.87. The van der Waals surface area contributed by atoms with E-state index in [1.807, 2.05) is 42.5 Å². The van der Waals surface area contributed by atoms with Crippen molar-refractivity contribution in [3.05, 3.63) is 54.1 Å². The molecule has 2 nitrogen and oxygen atoms in total. The summed E-state index contributed by atoms with van der Waals surface area (Å²) < 4.78 is 17.7. The Balaban J connectivity index is 2.42. The van der Waals surface area contributed by atoms with Crippen molar-refractivity contribution >= 4 is 0 Å². The second-order valence-electron chi connectivity index (χ2n) is 3.99. The van der Waals surface area contributed by atoms with Crippen LogP contribution >= 0.6 is 0 Å². The zero-order chi connectivity index (χ0) is 13.0. The average Bonchev–Trinajstić information content (AvgIpc) is 2.46. The SMILES string of the molecule is COc1cc(-c2ccccc2)ccc1C(O)CF. The number of halogens is 1. The second-order valence-corrected chi connectivity index (χ2v) is 3.99. The molecular formula is C15H15FO2. The number of aliphatic hydroxyl groups is 1. The average molecular weight is 246 g/mol. The highest BCUT2D eigenvalue weighted by atomic mass is 19.1. The number of alkyl halides is 1. The largest absolute Gasteiger partial charge is 0.496 e. The molecule has 0 aliphatic heterocycles. The molecule has 0 aromatic heterocycles. The van der Waals surface area contributed by atoms with E-state index in [0.29, 0.717) is 11.3 Å². The fraction of sp³-hybridized carbons (Fsp3) is 0.200. The molecule has 0 saturated heterocycles. The van der Waals surface area contributed by atoms with Crippen molar-refractivity contribution in [2.45, 2.75) is 6.10 Å². The van der Waals surface area contributed by atoms with Crippen LogP contribution in [0.1, 0.15) is 11.7 Å². The van der Waals surface area contributed by atoms with Gasteiger partial charge in [0.05, 0.1) is 7.11 Å². The van der Waals surface area contributed by atoms with E-state index in [2.05, 4.69) is 0 Å². The molecule has 1 N–H and O–H groups in total. The van der Waals surface area contributed by atoms with Crippen LogP contribution in [0, 0.1) is 0 Å². The first kappa shape index (κ1) is 12.6. The topological polar surface area (TPSA) is 29.5 Å². The predicted molar refractivity (Wildman–Crippen MR) is 69.4 cm³/mol. The van der Waals surface area contributed by atoms with Crippen LogP contribution in [0.2, 0.25) is 0 Å². The van der Waals surface area contributed by atoms with Gasteiger partial charge in [-0.3, -0.25) is 0 Å². The molecule has 0 bridgehead atoms. The summed E-state index contributed by atoms with van der Waals surface area (Å²) >= 11 is 0. The predicted octanol–water partition coefficient (Wildman–Crippen LogP) is 3.37. The monoisotopic (exact) mass is 246 g/mol. The lowest BCUT2D eigenvalue weighted by Gasteiger charge is -2.13. The van der Waals surface area contributed by atoms with Gasteiger partial charge in [-0.1, -0.05) is 42.5 Å². The lowest BCUT2D eigenvalue weighted by atomic mass is 10.0. The van der Waals surface area contributed by atoms with Gasteiger partial charge in [-0.2, -0.15) is 0 Å². The minimum Gasteiger partial charge on any atom is -0.496 e. The quantitative estimate of drug-likeness (QED) is 0.896. The van der Waals surface area contributed by atoms with Gasteiger partial charge in [0.25, 0.3) is 0 Å². The molecule has 2 rings (SSSR count). The molecule has 0 saturated carbocycles. The number of rotatable bonds is 4. The van der Waals surface area contributed by atoms with Crippen LogP contribution in [0.3, 0.4) is 0 Å². The lowest BCUT2D eigenvalue weighted by molar-refractivity contribution is 0.138. The highest BCUT2D eigenvalue weighted by Crippen LogP contribution is 2.30. The van der Waals surface area contributed by atoms with Crippen LogP contribution in [-0.4, -0.2) is 18.9 Å². The molecule has 18 heavy (non-hydrogen) atoms. The van der Waals surface area contributed by atoms with E-state index in [1.54, 1.807) is 6.07 Å². The Kier molecular flexibility index (Phi) is 3.95. The Labute approximate surface area is 106 Å².